The molecule has 4 heteroatoms. The molecule has 1 unspecified atom stereocenters. The first-order chi connectivity index (χ1) is 11.7. The normalized spacial score (nSPS) is 16.1. The molecule has 2 aromatic carbocycles. The van der Waals surface area contributed by atoms with Crippen molar-refractivity contribution in [3.63, 3.8) is 0 Å². The zero-order valence-electron chi connectivity index (χ0n) is 13.4. The number of rotatable bonds is 6. The Balaban J connectivity index is 1.97. The quantitative estimate of drug-likeness (QED) is 0.818. The van der Waals surface area contributed by atoms with Gasteiger partial charge in [0.25, 0.3) is 5.91 Å². The van der Waals surface area contributed by atoms with Gasteiger partial charge in [-0.3, -0.25) is 4.79 Å². The number of para-hydroxylation sites is 1. The van der Waals surface area contributed by atoms with Gasteiger partial charge in [0.1, 0.15) is 18.5 Å². The van der Waals surface area contributed by atoms with E-state index < -0.39 is 0 Å². The summed E-state index contributed by atoms with van der Waals surface area (Å²) in [5.74, 6) is 0.741. The highest BCUT2D eigenvalue weighted by Gasteiger charge is 2.32. The molecule has 0 saturated heterocycles. The van der Waals surface area contributed by atoms with Crippen molar-refractivity contribution in [2.45, 2.75) is 6.17 Å². The van der Waals surface area contributed by atoms with Gasteiger partial charge in [-0.05, 0) is 29.8 Å². The van der Waals surface area contributed by atoms with Crippen LogP contribution in [0.1, 0.15) is 22.1 Å². The van der Waals surface area contributed by atoms with Gasteiger partial charge in [0.15, 0.2) is 0 Å². The molecule has 1 amide bonds. The first-order valence-corrected chi connectivity index (χ1v) is 7.85. The summed E-state index contributed by atoms with van der Waals surface area (Å²) < 4.78 is 5.61. The van der Waals surface area contributed by atoms with Crippen molar-refractivity contribution < 1.29 is 9.53 Å². The maximum absolute atomic E-state index is 12.8. The summed E-state index contributed by atoms with van der Waals surface area (Å²) in [5, 5.41) is 3.44. The number of nitrogens with one attached hydrogen (secondary N) is 1. The van der Waals surface area contributed by atoms with E-state index in [-0.39, 0.29) is 12.1 Å². The minimum absolute atomic E-state index is 0.00772. The highest BCUT2D eigenvalue weighted by molar-refractivity contribution is 6.01. The molecule has 0 aromatic heterocycles. The average molecular weight is 320 g/mol. The number of hydrogen-bond acceptors (Lipinski definition) is 3. The van der Waals surface area contributed by atoms with Crippen LogP contribution in [-0.2, 0) is 0 Å². The Morgan fingerprint density at radius 1 is 1.12 bits per heavy atom. The van der Waals surface area contributed by atoms with E-state index in [0.29, 0.717) is 18.7 Å². The lowest BCUT2D eigenvalue weighted by Crippen LogP contribution is -2.42. The van der Waals surface area contributed by atoms with Crippen molar-refractivity contribution in [2.75, 3.05) is 18.5 Å². The van der Waals surface area contributed by atoms with Gasteiger partial charge in [-0.15, -0.1) is 6.58 Å². The summed E-state index contributed by atoms with van der Waals surface area (Å²) in [6.45, 7) is 8.34. The number of ether oxygens (including phenoxy) is 1. The SMILES string of the molecule is C=CCOc1cccc(C2Nc3ccccc3C(=O)N2CC=C)c1. The number of carbonyl (C=O) groups is 1. The van der Waals surface area contributed by atoms with Gasteiger partial charge in [0, 0.05) is 12.2 Å². The number of carbonyl (C=O) groups excluding carboxylic acids is 1. The van der Waals surface area contributed by atoms with Crippen LogP contribution < -0.4 is 10.1 Å². The predicted octanol–water partition coefficient (Wildman–Crippen LogP) is 4.00. The average Bonchev–Trinajstić information content (AvgIpc) is 2.62. The summed E-state index contributed by atoms with van der Waals surface area (Å²) in [6, 6.07) is 15.3. The Labute approximate surface area is 142 Å². The molecule has 0 spiro atoms. The predicted molar refractivity (Wildman–Crippen MR) is 96.2 cm³/mol. The van der Waals surface area contributed by atoms with Gasteiger partial charge < -0.3 is 15.0 Å². The van der Waals surface area contributed by atoms with E-state index >= 15 is 0 Å². The van der Waals surface area contributed by atoms with Crippen LogP contribution in [-0.4, -0.2) is 24.0 Å². The molecule has 0 fully saturated rings. The van der Waals surface area contributed by atoms with Crippen LogP contribution in [0.3, 0.4) is 0 Å². The first-order valence-electron chi connectivity index (χ1n) is 7.85. The van der Waals surface area contributed by atoms with E-state index in [2.05, 4.69) is 18.5 Å². The van der Waals surface area contributed by atoms with Gasteiger partial charge in [-0.1, -0.05) is 43.0 Å². The molecule has 122 valence electrons. The summed E-state index contributed by atoms with van der Waals surface area (Å²) in [7, 11) is 0. The van der Waals surface area contributed by atoms with Gasteiger partial charge >= 0.3 is 0 Å². The Morgan fingerprint density at radius 2 is 1.96 bits per heavy atom. The third-order valence-corrected chi connectivity index (χ3v) is 3.89. The van der Waals surface area contributed by atoms with Crippen LogP contribution in [0, 0.1) is 0 Å². The molecule has 1 aliphatic heterocycles. The maximum Gasteiger partial charge on any atom is 0.258 e. The molecule has 24 heavy (non-hydrogen) atoms. The van der Waals surface area contributed by atoms with E-state index in [1.165, 1.54) is 0 Å². The smallest absolute Gasteiger partial charge is 0.258 e. The Hall–Kier alpha value is -3.01. The van der Waals surface area contributed by atoms with Crippen LogP contribution in [0.15, 0.2) is 73.8 Å². The zero-order chi connectivity index (χ0) is 16.9. The molecule has 3 rings (SSSR count). The molecule has 1 atom stereocenters. The third kappa shape index (κ3) is 3.04. The monoisotopic (exact) mass is 320 g/mol. The van der Waals surface area contributed by atoms with Crippen LogP contribution in [0.25, 0.3) is 0 Å². The van der Waals surface area contributed by atoms with Crippen molar-refractivity contribution >= 4 is 11.6 Å². The van der Waals surface area contributed by atoms with E-state index in [1.54, 1.807) is 17.1 Å². The molecule has 0 bridgehead atoms. The van der Waals surface area contributed by atoms with E-state index in [1.807, 2.05) is 48.5 Å². The van der Waals surface area contributed by atoms with E-state index in [4.69, 9.17) is 4.74 Å². The fourth-order valence-corrected chi connectivity index (χ4v) is 2.81. The molecular formula is C20H20N2O2. The van der Waals surface area contributed by atoms with Gasteiger partial charge in [-0.2, -0.15) is 0 Å². The van der Waals surface area contributed by atoms with Crippen LogP contribution >= 0.6 is 0 Å². The van der Waals surface area contributed by atoms with Crippen molar-refractivity contribution in [3.05, 3.63) is 85.0 Å². The lowest BCUT2D eigenvalue weighted by Gasteiger charge is -2.37. The second-order valence-electron chi connectivity index (χ2n) is 5.51. The number of benzene rings is 2. The number of fused-ring (bicyclic) bond motifs is 1. The fraction of sp³-hybridized carbons (Fsp3) is 0.150. The summed E-state index contributed by atoms with van der Waals surface area (Å²) in [5.41, 5.74) is 2.47. The van der Waals surface area contributed by atoms with Crippen molar-refractivity contribution in [1.82, 2.24) is 4.90 Å². The number of nitrogens with zero attached hydrogens (tertiary/aromatic N) is 1. The number of hydrogen-bond donors (Lipinski definition) is 1. The molecule has 1 N–H and O–H groups in total. The van der Waals surface area contributed by atoms with E-state index in [0.717, 1.165) is 17.0 Å². The third-order valence-electron chi connectivity index (χ3n) is 3.89. The molecular weight excluding hydrogens is 300 g/mol. The molecule has 2 aromatic rings. The summed E-state index contributed by atoms with van der Waals surface area (Å²) in [6.07, 6.45) is 3.17. The topological polar surface area (TPSA) is 41.6 Å². The second-order valence-corrected chi connectivity index (χ2v) is 5.51. The maximum atomic E-state index is 12.8. The molecule has 1 heterocycles. The number of anilines is 1. The Kier molecular flexibility index (Phi) is 4.66. The van der Waals surface area contributed by atoms with Crippen LogP contribution in [0.5, 0.6) is 5.75 Å². The lowest BCUT2D eigenvalue weighted by molar-refractivity contribution is 0.0707. The standard InChI is InChI=1S/C20H20N2O2/c1-3-12-22-19(15-8-7-9-16(14-15)24-13-4-2)21-18-11-6-5-10-17(18)20(22)23/h3-11,14,19,21H,1-2,12-13H2. The molecule has 0 radical (unpaired) electrons. The Morgan fingerprint density at radius 3 is 2.75 bits per heavy atom. The summed E-state index contributed by atoms with van der Waals surface area (Å²) in [4.78, 5) is 14.6. The molecule has 0 aliphatic carbocycles. The first kappa shape index (κ1) is 15.9. The minimum atomic E-state index is -0.266. The van der Waals surface area contributed by atoms with Crippen LogP contribution in [0.4, 0.5) is 5.69 Å². The lowest BCUT2D eigenvalue weighted by atomic mass is 10.0. The van der Waals surface area contributed by atoms with Gasteiger partial charge in [0.05, 0.1) is 5.56 Å². The minimum Gasteiger partial charge on any atom is -0.490 e. The highest BCUT2D eigenvalue weighted by atomic mass is 16.5. The van der Waals surface area contributed by atoms with Gasteiger partial charge in [-0.25, -0.2) is 0 Å². The number of amides is 1. The van der Waals surface area contributed by atoms with Crippen molar-refractivity contribution in [3.8, 4) is 5.75 Å². The highest BCUT2D eigenvalue weighted by Crippen LogP contribution is 2.33. The Bertz CT molecular complexity index is 770. The molecule has 0 saturated carbocycles. The van der Waals surface area contributed by atoms with Crippen molar-refractivity contribution in [2.24, 2.45) is 0 Å². The molecule has 4 nitrogen and oxygen atoms in total. The van der Waals surface area contributed by atoms with Crippen LogP contribution in [0.2, 0.25) is 0 Å². The zero-order valence-corrected chi connectivity index (χ0v) is 13.4. The summed E-state index contributed by atoms with van der Waals surface area (Å²) >= 11 is 0. The largest absolute Gasteiger partial charge is 0.490 e. The fourth-order valence-electron chi connectivity index (χ4n) is 2.81. The van der Waals surface area contributed by atoms with Gasteiger partial charge in [0.2, 0.25) is 0 Å². The molecule has 1 aliphatic rings. The van der Waals surface area contributed by atoms with E-state index in [9.17, 15) is 4.79 Å². The van der Waals surface area contributed by atoms with Crippen molar-refractivity contribution in [1.29, 1.82) is 0 Å². The second kappa shape index (κ2) is 7.04.